The molecule has 0 spiro atoms. The number of hydrogen-bond donors (Lipinski definition) is 0. The minimum atomic E-state index is 0.708. The van der Waals surface area contributed by atoms with Crippen molar-refractivity contribution in [1.29, 1.82) is 0 Å². The highest BCUT2D eigenvalue weighted by molar-refractivity contribution is 5.48. The quantitative estimate of drug-likeness (QED) is 0.382. The van der Waals surface area contributed by atoms with E-state index in [-0.39, 0.29) is 0 Å². The standard InChI is InChI=1S/C4H8O.C2H4/c1-2-3-4-5;1-2/h4H,2-3H2,1H3;1-2H2. The highest BCUT2D eigenvalue weighted by Gasteiger charge is 1.66. The number of unbranched alkanes of at least 4 members (excludes halogenated alkanes) is 1. The fourth-order valence-electron chi connectivity index (χ4n) is 0.118. The van der Waals surface area contributed by atoms with Crippen LogP contribution in [0.15, 0.2) is 13.2 Å². The summed E-state index contributed by atoms with van der Waals surface area (Å²) in [7, 11) is 0. The van der Waals surface area contributed by atoms with Crippen LogP contribution in [-0.2, 0) is 4.79 Å². The maximum atomic E-state index is 9.40. The van der Waals surface area contributed by atoms with Gasteiger partial charge in [0.15, 0.2) is 0 Å². The largest absolute Gasteiger partial charge is 0.303 e. The summed E-state index contributed by atoms with van der Waals surface area (Å²) in [5.74, 6) is 0. The van der Waals surface area contributed by atoms with Gasteiger partial charge >= 0.3 is 0 Å². The van der Waals surface area contributed by atoms with Crippen molar-refractivity contribution in [2.75, 3.05) is 0 Å². The van der Waals surface area contributed by atoms with E-state index in [4.69, 9.17) is 0 Å². The van der Waals surface area contributed by atoms with Gasteiger partial charge in [0.25, 0.3) is 0 Å². The summed E-state index contributed by atoms with van der Waals surface area (Å²) in [5.41, 5.74) is 0. The molecular formula is C6H12O. The Balaban J connectivity index is 0. The molecule has 0 aliphatic heterocycles. The van der Waals surface area contributed by atoms with Crippen LogP contribution in [0.1, 0.15) is 19.8 Å². The van der Waals surface area contributed by atoms with Crippen molar-refractivity contribution in [3.8, 4) is 0 Å². The molecule has 0 aliphatic carbocycles. The van der Waals surface area contributed by atoms with E-state index in [0.717, 1.165) is 12.7 Å². The summed E-state index contributed by atoms with van der Waals surface area (Å²) < 4.78 is 0. The van der Waals surface area contributed by atoms with Crippen molar-refractivity contribution in [2.24, 2.45) is 0 Å². The molecule has 0 fully saturated rings. The Kier molecular flexibility index (Phi) is 25.0. The summed E-state index contributed by atoms with van der Waals surface area (Å²) in [6.07, 6.45) is 2.61. The molecule has 0 heterocycles. The van der Waals surface area contributed by atoms with Crippen molar-refractivity contribution >= 4 is 6.29 Å². The topological polar surface area (TPSA) is 17.1 Å². The average Bonchev–Trinajstić information content (AvgIpc) is 1.75. The molecule has 7 heavy (non-hydrogen) atoms. The van der Waals surface area contributed by atoms with Gasteiger partial charge in [-0.2, -0.15) is 0 Å². The summed E-state index contributed by atoms with van der Waals surface area (Å²) in [5, 5.41) is 0. The van der Waals surface area contributed by atoms with Crippen LogP contribution in [0.4, 0.5) is 0 Å². The normalized spacial score (nSPS) is 5.86. The first-order valence-corrected chi connectivity index (χ1v) is 2.35. The molecule has 0 bridgehead atoms. The number of rotatable bonds is 2. The van der Waals surface area contributed by atoms with Gasteiger partial charge in [-0.05, 0) is 6.42 Å². The molecule has 0 amide bonds. The molecule has 42 valence electrons. The Bertz CT molecular complexity index is 33.2. The summed E-state index contributed by atoms with van der Waals surface area (Å²) in [6.45, 7) is 7.98. The third-order valence-electron chi connectivity index (χ3n) is 0.407. The Labute approximate surface area is 45.0 Å². The summed E-state index contributed by atoms with van der Waals surface area (Å²) in [4.78, 5) is 9.40. The SMILES string of the molecule is C=C.CCCC=O. The predicted molar refractivity (Wildman–Crippen MR) is 32.2 cm³/mol. The van der Waals surface area contributed by atoms with Gasteiger partial charge in [0.2, 0.25) is 0 Å². The molecule has 0 aromatic carbocycles. The van der Waals surface area contributed by atoms with Gasteiger partial charge in [-0.15, -0.1) is 13.2 Å². The van der Waals surface area contributed by atoms with E-state index in [0.29, 0.717) is 6.42 Å². The molecule has 0 aromatic heterocycles. The van der Waals surface area contributed by atoms with Gasteiger partial charge in [0.1, 0.15) is 6.29 Å². The van der Waals surface area contributed by atoms with E-state index in [1.165, 1.54) is 0 Å². The lowest BCUT2D eigenvalue weighted by Gasteiger charge is -1.68. The van der Waals surface area contributed by atoms with E-state index in [1.54, 1.807) is 0 Å². The Hall–Kier alpha value is -0.590. The molecule has 0 N–H and O–H groups in total. The fraction of sp³-hybridized carbons (Fsp3) is 0.500. The second-order valence-corrected chi connectivity index (χ2v) is 0.955. The van der Waals surface area contributed by atoms with Gasteiger partial charge in [0.05, 0.1) is 0 Å². The highest BCUT2D eigenvalue weighted by Crippen LogP contribution is 1.74. The van der Waals surface area contributed by atoms with Crippen molar-refractivity contribution in [1.82, 2.24) is 0 Å². The van der Waals surface area contributed by atoms with E-state index < -0.39 is 0 Å². The molecule has 1 heteroatoms. The van der Waals surface area contributed by atoms with Crippen LogP contribution in [0.5, 0.6) is 0 Å². The minimum Gasteiger partial charge on any atom is -0.303 e. The highest BCUT2D eigenvalue weighted by atomic mass is 16.1. The monoisotopic (exact) mass is 100 g/mol. The first-order valence-electron chi connectivity index (χ1n) is 2.35. The predicted octanol–water partition coefficient (Wildman–Crippen LogP) is 1.79. The Morgan fingerprint density at radius 1 is 1.57 bits per heavy atom. The molecule has 0 unspecified atom stereocenters. The van der Waals surface area contributed by atoms with Crippen molar-refractivity contribution in [3.05, 3.63) is 13.2 Å². The molecule has 0 saturated heterocycles. The summed E-state index contributed by atoms with van der Waals surface area (Å²) >= 11 is 0. The molecule has 1 nitrogen and oxygen atoms in total. The van der Waals surface area contributed by atoms with Gasteiger partial charge in [-0.1, -0.05) is 6.92 Å². The van der Waals surface area contributed by atoms with Gasteiger partial charge in [-0.25, -0.2) is 0 Å². The minimum absolute atomic E-state index is 0.708. The Morgan fingerprint density at radius 3 is 2.00 bits per heavy atom. The van der Waals surface area contributed by atoms with Crippen LogP contribution in [0.3, 0.4) is 0 Å². The Morgan fingerprint density at radius 2 is 2.00 bits per heavy atom. The van der Waals surface area contributed by atoms with E-state index in [1.807, 2.05) is 6.92 Å². The lowest BCUT2D eigenvalue weighted by Crippen LogP contribution is -1.64. The second kappa shape index (κ2) is 18.1. The van der Waals surface area contributed by atoms with Gasteiger partial charge in [-0.3, -0.25) is 0 Å². The number of hydrogen-bond acceptors (Lipinski definition) is 1. The van der Waals surface area contributed by atoms with E-state index in [9.17, 15) is 4.79 Å². The zero-order valence-electron chi connectivity index (χ0n) is 4.81. The van der Waals surface area contributed by atoms with Gasteiger partial charge < -0.3 is 4.79 Å². The number of carbonyl (C=O) groups is 1. The lowest BCUT2D eigenvalue weighted by molar-refractivity contribution is -0.107. The molecule has 0 radical (unpaired) electrons. The zero-order valence-corrected chi connectivity index (χ0v) is 4.81. The zero-order chi connectivity index (χ0) is 6.12. The first kappa shape index (κ1) is 9.65. The fourth-order valence-corrected chi connectivity index (χ4v) is 0.118. The van der Waals surface area contributed by atoms with Crippen LogP contribution in [0.2, 0.25) is 0 Å². The van der Waals surface area contributed by atoms with Crippen LogP contribution in [-0.4, -0.2) is 6.29 Å². The molecule has 0 aliphatic rings. The van der Waals surface area contributed by atoms with Crippen molar-refractivity contribution < 1.29 is 4.79 Å². The molecule has 0 rings (SSSR count). The third kappa shape index (κ3) is 31.6. The molecule has 0 saturated carbocycles. The van der Waals surface area contributed by atoms with Crippen LogP contribution < -0.4 is 0 Å². The molecular weight excluding hydrogens is 88.1 g/mol. The van der Waals surface area contributed by atoms with E-state index in [2.05, 4.69) is 13.2 Å². The molecule has 0 atom stereocenters. The lowest BCUT2D eigenvalue weighted by atomic mass is 10.4. The maximum absolute atomic E-state index is 9.40. The maximum Gasteiger partial charge on any atom is 0.119 e. The van der Waals surface area contributed by atoms with Crippen LogP contribution >= 0.6 is 0 Å². The number of carbonyl (C=O) groups excluding carboxylic acids is 1. The van der Waals surface area contributed by atoms with Gasteiger partial charge in [0, 0.05) is 6.42 Å². The molecule has 0 aromatic rings. The van der Waals surface area contributed by atoms with E-state index >= 15 is 0 Å². The smallest absolute Gasteiger partial charge is 0.119 e. The average molecular weight is 100 g/mol. The second-order valence-electron chi connectivity index (χ2n) is 0.955. The van der Waals surface area contributed by atoms with Crippen molar-refractivity contribution in [3.63, 3.8) is 0 Å². The first-order chi connectivity index (χ1) is 3.41. The number of aldehydes is 1. The third-order valence-corrected chi connectivity index (χ3v) is 0.407. The van der Waals surface area contributed by atoms with Crippen LogP contribution in [0.25, 0.3) is 0 Å². The summed E-state index contributed by atoms with van der Waals surface area (Å²) in [6, 6.07) is 0. The van der Waals surface area contributed by atoms with Crippen LogP contribution in [0, 0.1) is 0 Å². The van der Waals surface area contributed by atoms with Crippen molar-refractivity contribution in [2.45, 2.75) is 19.8 Å².